The molecule has 0 amide bonds. The minimum Gasteiger partial charge on any atom is -0.462 e. The van der Waals surface area contributed by atoms with Crippen LogP contribution in [-0.2, 0) is 28.6 Å². The normalized spacial score (nSPS) is 13.4. The fraction of sp³-hybridized carbons (Fsp3) is 0.526. The smallest absolute Gasteiger partial charge is 0.306 e. The number of carbonyl (C=O) groups is 3. The molecule has 63 heavy (non-hydrogen) atoms. The molecule has 6 heteroatoms. The molecule has 0 heterocycles. The maximum Gasteiger partial charge on any atom is 0.306 e. The van der Waals surface area contributed by atoms with Crippen LogP contribution in [0.25, 0.3) is 0 Å². The summed E-state index contributed by atoms with van der Waals surface area (Å²) in [6.45, 7) is 6.21. The first-order valence-electron chi connectivity index (χ1n) is 24.5. The molecule has 0 saturated carbocycles. The number of allylic oxidation sites excluding steroid dienone is 24. The van der Waals surface area contributed by atoms with Crippen molar-refractivity contribution in [2.24, 2.45) is 0 Å². The molecule has 0 aliphatic carbocycles. The highest BCUT2D eigenvalue weighted by Crippen LogP contribution is 2.12. The van der Waals surface area contributed by atoms with E-state index < -0.39 is 6.10 Å². The van der Waals surface area contributed by atoms with E-state index in [-0.39, 0.29) is 50.4 Å². The Bertz CT molecular complexity index is 1460. The Morgan fingerprint density at radius 1 is 0.349 bits per heavy atom. The molecule has 350 valence electrons. The van der Waals surface area contributed by atoms with Crippen molar-refractivity contribution in [3.63, 3.8) is 0 Å². The van der Waals surface area contributed by atoms with Gasteiger partial charge < -0.3 is 14.2 Å². The minimum atomic E-state index is -0.829. The number of hydrogen-bond acceptors (Lipinski definition) is 6. The first kappa shape index (κ1) is 58.3. The molecule has 0 bridgehead atoms. The SMILES string of the molecule is CC\C=C/C=C\C=C/C=C\C=C\C=C/C=C\CCCCCC(=O)OCC(COC(=O)CCC/C=C\C/C=C\C/C=C\CC)OC(=O)CCCCCCCC/C=C\C=C/CCCCC. The van der Waals surface area contributed by atoms with E-state index >= 15 is 0 Å². The van der Waals surface area contributed by atoms with Crippen molar-refractivity contribution in [3.05, 3.63) is 146 Å². The van der Waals surface area contributed by atoms with E-state index in [1.165, 1.54) is 32.1 Å². The molecule has 0 spiro atoms. The van der Waals surface area contributed by atoms with Crippen LogP contribution in [0.5, 0.6) is 0 Å². The lowest BCUT2D eigenvalue weighted by atomic mass is 10.1. The number of unbranched alkanes of at least 4 members (excludes halogenated alkanes) is 13. The third-order valence-corrected chi connectivity index (χ3v) is 9.53. The fourth-order valence-electron chi connectivity index (χ4n) is 5.91. The summed E-state index contributed by atoms with van der Waals surface area (Å²) < 4.78 is 16.7. The van der Waals surface area contributed by atoms with Crippen LogP contribution in [0.4, 0.5) is 0 Å². The standard InChI is InChI=1S/C57H86O6/c1-4-7-10-13-16-19-22-24-26-27-28-29-31-32-35-38-41-44-47-50-56(59)62-53-54(52-61-55(58)49-46-43-40-37-34-21-18-15-12-9-6-3)63-57(60)51-48-45-42-39-36-33-30-25-23-20-17-14-11-8-5-2/h7,9-10,12-13,16-29,31-32,35,37,40,54H,4-6,8,11,14-15,30,33-34,36,38-39,41-53H2,1-3H3/b10-7-,12-9-,16-13-,20-17-,21-18-,22-19-,25-23-,26-24-,28-27+,31-29-,35-32-,40-37-. The van der Waals surface area contributed by atoms with Gasteiger partial charge in [-0.3, -0.25) is 14.4 Å². The molecular formula is C57H86O6. The zero-order valence-corrected chi connectivity index (χ0v) is 39.8. The van der Waals surface area contributed by atoms with Crippen LogP contribution >= 0.6 is 0 Å². The molecule has 0 aliphatic rings. The molecule has 0 rings (SSSR count). The zero-order chi connectivity index (χ0) is 45.8. The Kier molecular flexibility index (Phi) is 46.2. The van der Waals surface area contributed by atoms with Crippen LogP contribution in [0.3, 0.4) is 0 Å². The largest absolute Gasteiger partial charge is 0.462 e. The molecule has 0 aromatic heterocycles. The van der Waals surface area contributed by atoms with E-state index in [0.29, 0.717) is 12.8 Å². The highest BCUT2D eigenvalue weighted by Gasteiger charge is 2.19. The summed E-state index contributed by atoms with van der Waals surface area (Å²) in [5.41, 5.74) is 0. The van der Waals surface area contributed by atoms with E-state index in [1.54, 1.807) is 0 Å². The van der Waals surface area contributed by atoms with E-state index in [4.69, 9.17) is 14.2 Å². The minimum absolute atomic E-state index is 0.129. The van der Waals surface area contributed by atoms with Gasteiger partial charge in [-0.25, -0.2) is 0 Å². The molecule has 0 aliphatic heterocycles. The van der Waals surface area contributed by atoms with E-state index in [9.17, 15) is 14.4 Å². The van der Waals surface area contributed by atoms with Crippen LogP contribution in [0, 0.1) is 0 Å². The number of rotatable bonds is 41. The number of carbonyl (C=O) groups excluding carboxylic acids is 3. The lowest BCUT2D eigenvalue weighted by Gasteiger charge is -2.18. The van der Waals surface area contributed by atoms with Gasteiger partial charge in [-0.15, -0.1) is 0 Å². The molecule has 0 aromatic carbocycles. The molecule has 0 fully saturated rings. The Hall–Kier alpha value is -4.71. The lowest BCUT2D eigenvalue weighted by molar-refractivity contribution is -0.167. The van der Waals surface area contributed by atoms with Crippen molar-refractivity contribution in [2.45, 2.75) is 181 Å². The molecule has 6 nitrogen and oxygen atoms in total. The second kappa shape index (κ2) is 49.9. The number of esters is 3. The first-order valence-corrected chi connectivity index (χ1v) is 24.5. The van der Waals surface area contributed by atoms with Gasteiger partial charge in [0.2, 0.25) is 0 Å². The van der Waals surface area contributed by atoms with Gasteiger partial charge in [0.15, 0.2) is 6.10 Å². The molecular weight excluding hydrogens is 781 g/mol. The van der Waals surface area contributed by atoms with Gasteiger partial charge in [0.05, 0.1) is 0 Å². The average molecular weight is 867 g/mol. The zero-order valence-electron chi connectivity index (χ0n) is 39.8. The maximum absolute atomic E-state index is 12.8. The van der Waals surface area contributed by atoms with E-state index in [0.717, 1.165) is 89.9 Å². The Morgan fingerprint density at radius 3 is 1.24 bits per heavy atom. The van der Waals surface area contributed by atoms with Gasteiger partial charge in [0.1, 0.15) is 13.2 Å². The molecule has 1 atom stereocenters. The van der Waals surface area contributed by atoms with Crippen molar-refractivity contribution in [2.75, 3.05) is 13.2 Å². The van der Waals surface area contributed by atoms with Gasteiger partial charge in [-0.1, -0.05) is 212 Å². The highest BCUT2D eigenvalue weighted by atomic mass is 16.6. The van der Waals surface area contributed by atoms with Crippen LogP contribution in [-0.4, -0.2) is 37.2 Å². The van der Waals surface area contributed by atoms with Crippen molar-refractivity contribution in [1.29, 1.82) is 0 Å². The molecule has 0 saturated heterocycles. The summed E-state index contributed by atoms with van der Waals surface area (Å²) in [4.78, 5) is 37.9. The van der Waals surface area contributed by atoms with E-state index in [2.05, 4.69) is 93.7 Å². The van der Waals surface area contributed by atoms with Crippen LogP contribution < -0.4 is 0 Å². The Labute approximate surface area is 385 Å². The monoisotopic (exact) mass is 867 g/mol. The summed E-state index contributed by atoms with van der Waals surface area (Å²) >= 11 is 0. The summed E-state index contributed by atoms with van der Waals surface area (Å²) in [5.74, 6) is -1.05. The third-order valence-electron chi connectivity index (χ3n) is 9.53. The van der Waals surface area contributed by atoms with E-state index in [1.807, 2.05) is 72.9 Å². The van der Waals surface area contributed by atoms with Crippen molar-refractivity contribution in [3.8, 4) is 0 Å². The topological polar surface area (TPSA) is 78.9 Å². The molecule has 0 radical (unpaired) electrons. The van der Waals surface area contributed by atoms with Gasteiger partial charge in [-0.2, -0.15) is 0 Å². The molecule has 1 unspecified atom stereocenters. The predicted molar refractivity (Wildman–Crippen MR) is 269 cm³/mol. The van der Waals surface area contributed by atoms with Crippen LogP contribution in [0.2, 0.25) is 0 Å². The number of hydrogen-bond donors (Lipinski definition) is 0. The van der Waals surface area contributed by atoms with Crippen molar-refractivity contribution < 1.29 is 28.6 Å². The van der Waals surface area contributed by atoms with Gasteiger partial charge >= 0.3 is 17.9 Å². The van der Waals surface area contributed by atoms with Gasteiger partial charge in [0, 0.05) is 19.3 Å². The number of ether oxygens (including phenoxy) is 3. The van der Waals surface area contributed by atoms with Crippen LogP contribution in [0.15, 0.2) is 146 Å². The lowest BCUT2D eigenvalue weighted by Crippen LogP contribution is -2.30. The summed E-state index contributed by atoms with van der Waals surface area (Å²) in [7, 11) is 0. The summed E-state index contributed by atoms with van der Waals surface area (Å²) in [5, 5.41) is 0. The van der Waals surface area contributed by atoms with Gasteiger partial charge in [0.25, 0.3) is 0 Å². The van der Waals surface area contributed by atoms with Crippen LogP contribution in [0.1, 0.15) is 175 Å². The molecule has 0 N–H and O–H groups in total. The van der Waals surface area contributed by atoms with Crippen molar-refractivity contribution >= 4 is 17.9 Å². The predicted octanol–water partition coefficient (Wildman–Crippen LogP) is 16.1. The quantitative estimate of drug-likeness (QED) is 0.0200. The fourth-order valence-corrected chi connectivity index (χ4v) is 5.91. The first-order chi connectivity index (χ1) is 31.0. The van der Waals surface area contributed by atoms with Crippen molar-refractivity contribution in [1.82, 2.24) is 0 Å². The highest BCUT2D eigenvalue weighted by molar-refractivity contribution is 5.71. The third kappa shape index (κ3) is 48.2. The second-order valence-electron chi connectivity index (χ2n) is 15.5. The van der Waals surface area contributed by atoms with Gasteiger partial charge in [-0.05, 0) is 89.9 Å². The molecule has 0 aromatic rings. The maximum atomic E-state index is 12.8. The average Bonchev–Trinajstić information content (AvgIpc) is 3.28. The summed E-state index contributed by atoms with van der Waals surface area (Å²) in [6, 6.07) is 0. The Balaban J connectivity index is 4.58. The summed E-state index contributed by atoms with van der Waals surface area (Å²) in [6.07, 6.45) is 71.2. The Morgan fingerprint density at radius 2 is 0.714 bits per heavy atom. The second-order valence-corrected chi connectivity index (χ2v) is 15.5.